The lowest BCUT2D eigenvalue weighted by molar-refractivity contribution is -0.0645. The summed E-state index contributed by atoms with van der Waals surface area (Å²) < 4.78 is 0. The van der Waals surface area contributed by atoms with Crippen molar-refractivity contribution in [2.45, 2.75) is 38.1 Å². The van der Waals surface area contributed by atoms with Crippen LogP contribution in [0.3, 0.4) is 0 Å². The quantitative estimate of drug-likeness (QED) is 0.779. The van der Waals surface area contributed by atoms with Gasteiger partial charge in [-0.1, -0.05) is 30.3 Å². The van der Waals surface area contributed by atoms with E-state index < -0.39 is 5.72 Å². The van der Waals surface area contributed by atoms with E-state index in [0.717, 1.165) is 25.9 Å². The van der Waals surface area contributed by atoms with Gasteiger partial charge in [0.1, 0.15) is 5.72 Å². The second-order valence-corrected chi connectivity index (χ2v) is 5.04. The molecule has 0 saturated carbocycles. The summed E-state index contributed by atoms with van der Waals surface area (Å²) in [4.78, 5) is 2.43. The molecule has 3 nitrogen and oxygen atoms in total. The highest BCUT2D eigenvalue weighted by Gasteiger charge is 2.34. The zero-order valence-electron chi connectivity index (χ0n) is 10.7. The van der Waals surface area contributed by atoms with E-state index in [4.69, 9.17) is 0 Å². The van der Waals surface area contributed by atoms with E-state index in [1.807, 2.05) is 13.1 Å². The largest absolute Gasteiger partial charge is 0.376 e. The molecule has 17 heavy (non-hydrogen) atoms. The fourth-order valence-corrected chi connectivity index (χ4v) is 2.55. The Morgan fingerprint density at radius 3 is 2.71 bits per heavy atom. The molecule has 0 bridgehead atoms. The summed E-state index contributed by atoms with van der Waals surface area (Å²) in [7, 11) is 1.83. The minimum atomic E-state index is -0.674. The molecule has 1 aromatic carbocycles. The Morgan fingerprint density at radius 2 is 2.12 bits per heavy atom. The summed E-state index contributed by atoms with van der Waals surface area (Å²) in [5, 5.41) is 13.2. The van der Waals surface area contributed by atoms with Crippen molar-refractivity contribution >= 4 is 0 Å². The Kier molecular flexibility index (Phi) is 3.82. The second-order valence-electron chi connectivity index (χ2n) is 5.04. The second kappa shape index (κ2) is 5.17. The fourth-order valence-electron chi connectivity index (χ4n) is 2.55. The van der Waals surface area contributed by atoms with Crippen LogP contribution in [0, 0.1) is 0 Å². The molecule has 0 amide bonds. The SMILES string of the molecule is CNC1(O)CCN(Cc2ccccc2)C(C)C1. The summed E-state index contributed by atoms with van der Waals surface area (Å²) in [5.74, 6) is 0. The smallest absolute Gasteiger partial charge is 0.118 e. The van der Waals surface area contributed by atoms with E-state index in [0.29, 0.717) is 6.04 Å². The van der Waals surface area contributed by atoms with Crippen molar-refractivity contribution in [1.29, 1.82) is 0 Å². The van der Waals surface area contributed by atoms with Gasteiger partial charge < -0.3 is 5.11 Å². The maximum absolute atomic E-state index is 10.2. The van der Waals surface area contributed by atoms with Gasteiger partial charge in [0.25, 0.3) is 0 Å². The van der Waals surface area contributed by atoms with Crippen LogP contribution in [0.15, 0.2) is 30.3 Å². The minimum Gasteiger partial charge on any atom is -0.376 e. The van der Waals surface area contributed by atoms with Crippen LogP contribution in [0.2, 0.25) is 0 Å². The molecule has 94 valence electrons. The molecule has 2 rings (SSSR count). The van der Waals surface area contributed by atoms with Crippen molar-refractivity contribution in [2.24, 2.45) is 0 Å². The molecule has 2 atom stereocenters. The normalized spacial score (nSPS) is 30.4. The maximum Gasteiger partial charge on any atom is 0.118 e. The number of piperidine rings is 1. The molecule has 0 aliphatic carbocycles. The van der Waals surface area contributed by atoms with Gasteiger partial charge in [-0.3, -0.25) is 10.2 Å². The highest BCUT2D eigenvalue weighted by Crippen LogP contribution is 2.25. The van der Waals surface area contributed by atoms with Crippen LogP contribution in [0.25, 0.3) is 0 Å². The average molecular weight is 234 g/mol. The Balaban J connectivity index is 1.96. The first kappa shape index (κ1) is 12.6. The van der Waals surface area contributed by atoms with Crippen LogP contribution in [0.1, 0.15) is 25.3 Å². The number of benzene rings is 1. The maximum atomic E-state index is 10.2. The van der Waals surface area contributed by atoms with Gasteiger partial charge >= 0.3 is 0 Å². The molecule has 0 aromatic heterocycles. The van der Waals surface area contributed by atoms with E-state index in [9.17, 15) is 5.11 Å². The third-order valence-electron chi connectivity index (χ3n) is 3.76. The molecule has 1 aliphatic rings. The first-order valence-electron chi connectivity index (χ1n) is 6.32. The van der Waals surface area contributed by atoms with Gasteiger partial charge in [0.2, 0.25) is 0 Å². The number of nitrogens with one attached hydrogen (secondary N) is 1. The number of hydrogen-bond donors (Lipinski definition) is 2. The zero-order valence-corrected chi connectivity index (χ0v) is 10.7. The summed E-state index contributed by atoms with van der Waals surface area (Å²) in [6.07, 6.45) is 1.58. The molecule has 1 saturated heterocycles. The number of nitrogens with zero attached hydrogens (tertiary/aromatic N) is 1. The Bertz CT molecular complexity index is 354. The van der Waals surface area contributed by atoms with E-state index in [1.54, 1.807) is 0 Å². The Morgan fingerprint density at radius 1 is 1.41 bits per heavy atom. The standard InChI is InChI=1S/C14H22N2O/c1-12-10-14(17,15-2)8-9-16(12)11-13-6-4-3-5-7-13/h3-7,12,15,17H,8-11H2,1-2H3. The molecule has 1 fully saturated rings. The number of aliphatic hydroxyl groups is 1. The van der Waals surface area contributed by atoms with Crippen molar-refractivity contribution in [3.63, 3.8) is 0 Å². The molecular formula is C14H22N2O. The molecular weight excluding hydrogens is 212 g/mol. The Labute approximate surface area is 103 Å². The van der Waals surface area contributed by atoms with Crippen molar-refractivity contribution in [3.05, 3.63) is 35.9 Å². The minimum absolute atomic E-state index is 0.404. The van der Waals surface area contributed by atoms with Crippen LogP contribution < -0.4 is 5.32 Å². The summed E-state index contributed by atoms with van der Waals surface area (Å²) in [6.45, 7) is 4.10. The summed E-state index contributed by atoms with van der Waals surface area (Å²) in [5.41, 5.74) is 0.668. The van der Waals surface area contributed by atoms with Gasteiger partial charge in [-0.25, -0.2) is 0 Å². The van der Waals surface area contributed by atoms with Crippen LogP contribution in [0.4, 0.5) is 0 Å². The molecule has 1 aliphatic heterocycles. The number of hydrogen-bond acceptors (Lipinski definition) is 3. The third-order valence-corrected chi connectivity index (χ3v) is 3.76. The zero-order chi connectivity index (χ0) is 12.3. The first-order chi connectivity index (χ1) is 8.13. The van der Waals surface area contributed by atoms with Crippen molar-refractivity contribution in [2.75, 3.05) is 13.6 Å². The third kappa shape index (κ3) is 3.06. The number of likely N-dealkylation sites (tertiary alicyclic amines) is 1. The van der Waals surface area contributed by atoms with E-state index >= 15 is 0 Å². The van der Waals surface area contributed by atoms with Gasteiger partial charge in [-0.2, -0.15) is 0 Å². The molecule has 0 spiro atoms. The van der Waals surface area contributed by atoms with Gasteiger partial charge in [-0.15, -0.1) is 0 Å². The highest BCUT2D eigenvalue weighted by molar-refractivity contribution is 5.14. The van der Waals surface area contributed by atoms with Crippen LogP contribution >= 0.6 is 0 Å². The summed E-state index contributed by atoms with van der Waals surface area (Å²) in [6, 6.07) is 10.9. The predicted molar refractivity (Wildman–Crippen MR) is 69.6 cm³/mol. The molecule has 1 aromatic rings. The topological polar surface area (TPSA) is 35.5 Å². The fraction of sp³-hybridized carbons (Fsp3) is 0.571. The van der Waals surface area contributed by atoms with Crippen molar-refractivity contribution in [3.8, 4) is 0 Å². The lowest BCUT2D eigenvalue weighted by Gasteiger charge is -2.42. The molecule has 3 heteroatoms. The van der Waals surface area contributed by atoms with Crippen molar-refractivity contribution in [1.82, 2.24) is 10.2 Å². The molecule has 2 unspecified atom stereocenters. The predicted octanol–water partition coefficient (Wildman–Crippen LogP) is 1.58. The van der Waals surface area contributed by atoms with Crippen LogP contribution in [0.5, 0.6) is 0 Å². The van der Waals surface area contributed by atoms with Crippen molar-refractivity contribution < 1.29 is 5.11 Å². The first-order valence-corrected chi connectivity index (χ1v) is 6.32. The van der Waals surface area contributed by atoms with Gasteiger partial charge in [0.15, 0.2) is 0 Å². The van der Waals surface area contributed by atoms with Gasteiger partial charge in [0, 0.05) is 32.0 Å². The number of rotatable bonds is 3. The molecule has 2 N–H and O–H groups in total. The van der Waals surface area contributed by atoms with Gasteiger partial charge in [-0.05, 0) is 19.5 Å². The monoisotopic (exact) mass is 234 g/mol. The molecule has 1 heterocycles. The van der Waals surface area contributed by atoms with Crippen LogP contribution in [-0.4, -0.2) is 35.4 Å². The lowest BCUT2D eigenvalue weighted by atomic mass is 9.94. The summed E-state index contributed by atoms with van der Waals surface area (Å²) >= 11 is 0. The van der Waals surface area contributed by atoms with E-state index in [-0.39, 0.29) is 0 Å². The average Bonchev–Trinajstić information content (AvgIpc) is 2.34. The van der Waals surface area contributed by atoms with Gasteiger partial charge in [0.05, 0.1) is 0 Å². The molecule has 0 radical (unpaired) electrons. The van der Waals surface area contributed by atoms with E-state index in [2.05, 4.69) is 41.4 Å². The van der Waals surface area contributed by atoms with E-state index in [1.165, 1.54) is 5.56 Å². The highest BCUT2D eigenvalue weighted by atomic mass is 16.3. The lowest BCUT2D eigenvalue weighted by Crippen LogP contribution is -2.55. The van der Waals surface area contributed by atoms with Crippen LogP contribution in [-0.2, 0) is 6.54 Å². The Hall–Kier alpha value is -0.900.